The largest absolute Gasteiger partial charge is 1.00 e. The van der Waals surface area contributed by atoms with Crippen LogP contribution in [0.5, 0.6) is 0 Å². The lowest BCUT2D eigenvalue weighted by molar-refractivity contribution is -0.890. The molecular weight excluding hydrogens is 498 g/mol. The molecule has 212 valence electrons. The van der Waals surface area contributed by atoms with Gasteiger partial charge in [-0.3, -0.25) is 4.79 Å². The van der Waals surface area contributed by atoms with Gasteiger partial charge in [-0.1, -0.05) is 129 Å². The highest BCUT2D eigenvalue weighted by Crippen LogP contribution is 2.15. The van der Waals surface area contributed by atoms with E-state index in [1.165, 1.54) is 159 Å². The van der Waals surface area contributed by atoms with Crippen LogP contribution in [0.15, 0.2) is 0 Å². The van der Waals surface area contributed by atoms with E-state index in [0.29, 0.717) is 6.42 Å². The highest BCUT2D eigenvalue weighted by atomic mass is 79.9. The molecule has 0 amide bonds. The van der Waals surface area contributed by atoms with Crippen LogP contribution in [0.3, 0.4) is 0 Å². The molecule has 0 heterocycles. The molecule has 0 aromatic heterocycles. The monoisotopic (exact) mass is 561 g/mol. The molecule has 0 unspecified atom stereocenters. The number of nitrogens with zero attached hydrogens (tertiary/aromatic N) is 1. The SMILES string of the molecule is CCCCCCCCCCCCCCCCCC[N+](C)(C)CCCCCCCCCCC(=O)O.[Br-]. The van der Waals surface area contributed by atoms with E-state index in [4.69, 9.17) is 5.11 Å². The normalized spacial score (nSPS) is 11.5. The number of unbranched alkanes of at least 4 members (excludes halogenated alkanes) is 22. The molecule has 0 spiro atoms. The number of hydrogen-bond acceptors (Lipinski definition) is 1. The fraction of sp³-hybridized carbons (Fsp3) is 0.968. The molecule has 0 saturated carbocycles. The minimum absolute atomic E-state index is 0. The molecule has 0 aliphatic rings. The summed E-state index contributed by atoms with van der Waals surface area (Å²) in [5.74, 6) is -0.652. The molecule has 0 aromatic carbocycles. The molecule has 0 saturated heterocycles. The van der Waals surface area contributed by atoms with Crippen molar-refractivity contribution in [2.75, 3.05) is 27.2 Å². The standard InChI is InChI=1S/C31H63NO2.BrH/c1-4-5-6-7-8-9-10-11-12-13-14-15-17-20-23-26-29-32(2,3)30-27-24-21-18-16-19-22-25-28-31(33)34;/h4-30H2,1-3H3;1H. The summed E-state index contributed by atoms with van der Waals surface area (Å²) in [7, 11) is 4.82. The Kier molecular flexibility index (Phi) is 30.2. The van der Waals surface area contributed by atoms with Crippen molar-refractivity contribution in [1.82, 2.24) is 0 Å². The van der Waals surface area contributed by atoms with Gasteiger partial charge in [0.05, 0.1) is 27.2 Å². The molecule has 1 N–H and O–H groups in total. The number of carbonyl (C=O) groups is 1. The predicted molar refractivity (Wildman–Crippen MR) is 151 cm³/mol. The predicted octanol–water partition coefficient (Wildman–Crippen LogP) is 6.92. The van der Waals surface area contributed by atoms with Crippen molar-refractivity contribution in [3.63, 3.8) is 0 Å². The zero-order valence-corrected chi connectivity index (χ0v) is 25.9. The summed E-state index contributed by atoms with van der Waals surface area (Å²) in [4.78, 5) is 10.5. The van der Waals surface area contributed by atoms with E-state index in [0.717, 1.165) is 12.8 Å². The number of quaternary nitrogens is 1. The number of hydrogen-bond donors (Lipinski definition) is 1. The minimum atomic E-state index is -0.652. The number of carboxylic acids is 1. The summed E-state index contributed by atoms with van der Waals surface area (Å²) in [6.07, 6.45) is 33.2. The molecule has 35 heavy (non-hydrogen) atoms. The summed E-state index contributed by atoms with van der Waals surface area (Å²) in [5.41, 5.74) is 0. The number of carboxylic acid groups (broad SMARTS) is 1. The van der Waals surface area contributed by atoms with Gasteiger partial charge in [0.25, 0.3) is 0 Å². The lowest BCUT2D eigenvalue weighted by atomic mass is 10.0. The fourth-order valence-corrected chi connectivity index (χ4v) is 5.08. The van der Waals surface area contributed by atoms with E-state index in [-0.39, 0.29) is 17.0 Å². The Hall–Kier alpha value is -0.0900. The van der Waals surface area contributed by atoms with E-state index in [2.05, 4.69) is 21.0 Å². The summed E-state index contributed by atoms with van der Waals surface area (Å²) < 4.78 is 1.19. The fourth-order valence-electron chi connectivity index (χ4n) is 5.08. The van der Waals surface area contributed by atoms with Crippen molar-refractivity contribution in [2.24, 2.45) is 0 Å². The molecule has 4 heteroatoms. The second-order valence-electron chi connectivity index (χ2n) is 11.7. The first kappa shape index (κ1) is 37.1. The van der Waals surface area contributed by atoms with E-state index >= 15 is 0 Å². The number of halogens is 1. The molecule has 0 rings (SSSR count). The maximum absolute atomic E-state index is 10.5. The lowest BCUT2D eigenvalue weighted by Crippen LogP contribution is -3.00. The van der Waals surface area contributed by atoms with Gasteiger partial charge in [0.1, 0.15) is 0 Å². The highest BCUT2D eigenvalue weighted by molar-refractivity contribution is 5.66. The Bertz CT molecular complexity index is 428. The van der Waals surface area contributed by atoms with Gasteiger partial charge < -0.3 is 26.6 Å². The van der Waals surface area contributed by atoms with Gasteiger partial charge in [-0.05, 0) is 32.1 Å². The second kappa shape index (κ2) is 28.5. The van der Waals surface area contributed by atoms with Crippen LogP contribution < -0.4 is 17.0 Å². The van der Waals surface area contributed by atoms with Gasteiger partial charge >= 0.3 is 5.97 Å². The Morgan fingerprint density at radius 3 is 1.03 bits per heavy atom. The van der Waals surface area contributed by atoms with Gasteiger partial charge in [0.15, 0.2) is 0 Å². The van der Waals surface area contributed by atoms with Crippen molar-refractivity contribution >= 4 is 5.97 Å². The van der Waals surface area contributed by atoms with Crippen LogP contribution in [-0.4, -0.2) is 42.7 Å². The summed E-state index contributed by atoms with van der Waals surface area (Å²) >= 11 is 0. The molecule has 0 aliphatic carbocycles. The molecule has 0 fully saturated rings. The third kappa shape index (κ3) is 31.9. The third-order valence-electron chi connectivity index (χ3n) is 7.52. The van der Waals surface area contributed by atoms with E-state index in [1.54, 1.807) is 0 Å². The maximum Gasteiger partial charge on any atom is 0.303 e. The van der Waals surface area contributed by atoms with Crippen molar-refractivity contribution < 1.29 is 31.4 Å². The summed E-state index contributed by atoms with van der Waals surface area (Å²) in [6, 6.07) is 0. The zero-order valence-electron chi connectivity index (χ0n) is 24.3. The molecule has 0 aliphatic heterocycles. The van der Waals surface area contributed by atoms with Gasteiger partial charge in [-0.2, -0.15) is 0 Å². The second-order valence-corrected chi connectivity index (χ2v) is 11.7. The Labute approximate surface area is 231 Å². The first-order chi connectivity index (χ1) is 16.5. The third-order valence-corrected chi connectivity index (χ3v) is 7.52. The number of aliphatic carboxylic acids is 1. The van der Waals surface area contributed by atoms with Gasteiger partial charge in [0, 0.05) is 6.42 Å². The first-order valence-electron chi connectivity index (χ1n) is 15.5. The van der Waals surface area contributed by atoms with Crippen LogP contribution in [0.1, 0.15) is 167 Å². The molecular formula is C31H64BrNO2. The van der Waals surface area contributed by atoms with E-state index in [9.17, 15) is 4.79 Å². The minimum Gasteiger partial charge on any atom is -1.00 e. The van der Waals surface area contributed by atoms with Crippen LogP contribution >= 0.6 is 0 Å². The van der Waals surface area contributed by atoms with Gasteiger partial charge in [-0.25, -0.2) is 0 Å². The Balaban J connectivity index is 0. The van der Waals surface area contributed by atoms with Crippen LogP contribution in [0, 0.1) is 0 Å². The van der Waals surface area contributed by atoms with Crippen LogP contribution in [0.2, 0.25) is 0 Å². The Morgan fingerprint density at radius 1 is 0.486 bits per heavy atom. The summed E-state index contributed by atoms with van der Waals surface area (Å²) in [5, 5.41) is 8.65. The summed E-state index contributed by atoms with van der Waals surface area (Å²) in [6.45, 7) is 4.95. The average molecular weight is 563 g/mol. The molecule has 0 aromatic rings. The average Bonchev–Trinajstić information content (AvgIpc) is 2.79. The highest BCUT2D eigenvalue weighted by Gasteiger charge is 2.13. The van der Waals surface area contributed by atoms with E-state index in [1.807, 2.05) is 0 Å². The molecule has 0 atom stereocenters. The molecule has 0 bridgehead atoms. The van der Waals surface area contributed by atoms with Crippen LogP contribution in [0.25, 0.3) is 0 Å². The quantitative estimate of drug-likeness (QED) is 0.0830. The van der Waals surface area contributed by atoms with Crippen molar-refractivity contribution in [3.8, 4) is 0 Å². The van der Waals surface area contributed by atoms with Gasteiger partial charge in [-0.15, -0.1) is 0 Å². The van der Waals surface area contributed by atoms with Crippen LogP contribution in [0.4, 0.5) is 0 Å². The topological polar surface area (TPSA) is 37.3 Å². The molecule has 3 nitrogen and oxygen atoms in total. The van der Waals surface area contributed by atoms with E-state index < -0.39 is 5.97 Å². The lowest BCUT2D eigenvalue weighted by Gasteiger charge is -2.30. The number of rotatable bonds is 28. The van der Waals surface area contributed by atoms with Crippen molar-refractivity contribution in [2.45, 2.75) is 167 Å². The zero-order chi connectivity index (χ0) is 25.2. The molecule has 0 radical (unpaired) electrons. The smallest absolute Gasteiger partial charge is 0.303 e. The van der Waals surface area contributed by atoms with Gasteiger partial charge in [0.2, 0.25) is 0 Å². The van der Waals surface area contributed by atoms with Crippen LogP contribution in [-0.2, 0) is 4.79 Å². The Morgan fingerprint density at radius 2 is 0.743 bits per heavy atom. The first-order valence-corrected chi connectivity index (χ1v) is 15.5. The maximum atomic E-state index is 10.5. The van der Waals surface area contributed by atoms with Crippen molar-refractivity contribution in [3.05, 3.63) is 0 Å². The van der Waals surface area contributed by atoms with Crippen molar-refractivity contribution in [1.29, 1.82) is 0 Å².